The van der Waals surface area contributed by atoms with E-state index in [-0.39, 0.29) is 13.0 Å². The van der Waals surface area contributed by atoms with E-state index in [0.717, 1.165) is 36.1 Å². The number of aromatic amines is 1. The lowest BCUT2D eigenvalue weighted by molar-refractivity contribution is -0.150. The van der Waals surface area contributed by atoms with Crippen LogP contribution in [0.1, 0.15) is 77.4 Å². The van der Waals surface area contributed by atoms with Crippen LogP contribution in [-0.4, -0.2) is 45.6 Å². The van der Waals surface area contributed by atoms with Gasteiger partial charge in [-0.15, -0.1) is 0 Å². The molecule has 0 saturated carbocycles. The molecule has 1 aliphatic heterocycles. The summed E-state index contributed by atoms with van der Waals surface area (Å²) in [6.45, 7) is 1.90. The summed E-state index contributed by atoms with van der Waals surface area (Å²) in [5.74, 6) is -0.422. The van der Waals surface area contributed by atoms with E-state index in [0.29, 0.717) is 0 Å². The second-order valence-corrected chi connectivity index (χ2v) is 7.78. The summed E-state index contributed by atoms with van der Waals surface area (Å²) in [6, 6.07) is 1.06. The number of carbonyl (C=O) groups excluding carboxylic acids is 1. The predicted octanol–water partition coefficient (Wildman–Crippen LogP) is 2.60. The molecule has 0 bridgehead atoms. The van der Waals surface area contributed by atoms with Crippen LogP contribution >= 0.6 is 0 Å². The van der Waals surface area contributed by atoms with Gasteiger partial charge in [-0.1, -0.05) is 58.3 Å². The number of hydrogen-bond acceptors (Lipinski definition) is 6. The lowest BCUT2D eigenvalue weighted by atomic mass is 10.1. The van der Waals surface area contributed by atoms with Crippen LogP contribution in [0, 0.1) is 0 Å². The number of aliphatic hydroxyl groups is 1. The third-order valence-corrected chi connectivity index (χ3v) is 5.31. The summed E-state index contributed by atoms with van der Waals surface area (Å²) >= 11 is 0. The summed E-state index contributed by atoms with van der Waals surface area (Å²) < 4.78 is 25.7. The molecule has 0 unspecified atom stereocenters. The van der Waals surface area contributed by atoms with E-state index in [1.165, 1.54) is 38.5 Å². The Morgan fingerprint density at radius 1 is 1.17 bits per heavy atom. The quantitative estimate of drug-likeness (QED) is 0.369. The molecule has 0 radical (unpaired) electrons. The van der Waals surface area contributed by atoms with Gasteiger partial charge in [0.15, 0.2) is 12.4 Å². The van der Waals surface area contributed by atoms with Crippen molar-refractivity contribution in [1.82, 2.24) is 9.55 Å². The molecule has 2 N–H and O–H groups in total. The molecule has 1 fully saturated rings. The van der Waals surface area contributed by atoms with E-state index in [1.54, 1.807) is 0 Å². The molecule has 0 aliphatic carbocycles. The Hall–Kier alpha value is -2.00. The van der Waals surface area contributed by atoms with Crippen molar-refractivity contribution in [3.05, 3.63) is 33.1 Å². The zero-order valence-corrected chi connectivity index (χ0v) is 17.6. The van der Waals surface area contributed by atoms with Crippen molar-refractivity contribution in [1.29, 1.82) is 0 Å². The molecule has 0 aromatic carbocycles. The molecule has 170 valence electrons. The molecule has 9 heteroatoms. The molecule has 2 heterocycles. The zero-order chi connectivity index (χ0) is 21.9. The fourth-order valence-electron chi connectivity index (χ4n) is 3.52. The number of ether oxygens (including phenoxy) is 2. The molecule has 0 spiro atoms. The number of unbranched alkanes of at least 4 members (excludes halogenated alkanes) is 8. The number of aliphatic hydroxyl groups excluding tert-OH is 1. The molecule has 2 rings (SSSR count). The number of halogens is 1. The van der Waals surface area contributed by atoms with Crippen molar-refractivity contribution in [2.24, 2.45) is 0 Å². The van der Waals surface area contributed by atoms with Crippen LogP contribution in [0.25, 0.3) is 0 Å². The molecule has 1 aromatic heterocycles. The van der Waals surface area contributed by atoms with Gasteiger partial charge in [-0.3, -0.25) is 19.1 Å². The maximum Gasteiger partial charge on any atom is 0.330 e. The zero-order valence-electron chi connectivity index (χ0n) is 17.6. The number of carbonyl (C=O) groups is 1. The maximum atomic E-state index is 14.4. The minimum atomic E-state index is -1.89. The van der Waals surface area contributed by atoms with Gasteiger partial charge >= 0.3 is 11.7 Å². The fourth-order valence-corrected chi connectivity index (χ4v) is 3.52. The van der Waals surface area contributed by atoms with Crippen molar-refractivity contribution in [2.75, 3.05) is 6.61 Å². The Bertz CT molecular complexity index is 764. The number of hydrogen-bond donors (Lipinski definition) is 2. The van der Waals surface area contributed by atoms with Gasteiger partial charge in [-0.25, -0.2) is 9.18 Å². The van der Waals surface area contributed by atoms with E-state index in [9.17, 15) is 23.9 Å². The number of esters is 1. The van der Waals surface area contributed by atoms with Gasteiger partial charge in [0, 0.05) is 18.7 Å². The summed E-state index contributed by atoms with van der Waals surface area (Å²) in [6.07, 6.45) is 5.68. The Morgan fingerprint density at radius 3 is 2.43 bits per heavy atom. The first-order chi connectivity index (χ1) is 14.4. The number of nitrogens with one attached hydrogen (secondary N) is 1. The van der Waals surface area contributed by atoms with E-state index >= 15 is 0 Å². The highest BCUT2D eigenvalue weighted by Gasteiger charge is 2.46. The summed E-state index contributed by atoms with van der Waals surface area (Å²) in [5, 5.41) is 10.0. The molecular weight excluding hydrogens is 395 g/mol. The number of alkyl halides is 1. The van der Waals surface area contributed by atoms with Crippen LogP contribution in [0.5, 0.6) is 0 Å². The Kier molecular flexibility index (Phi) is 10.2. The predicted molar refractivity (Wildman–Crippen MR) is 109 cm³/mol. The first kappa shape index (κ1) is 24.3. The summed E-state index contributed by atoms with van der Waals surface area (Å²) in [4.78, 5) is 36.8. The van der Waals surface area contributed by atoms with Crippen LogP contribution in [0.3, 0.4) is 0 Å². The van der Waals surface area contributed by atoms with Crippen molar-refractivity contribution in [2.45, 2.75) is 95.7 Å². The monoisotopic (exact) mass is 428 g/mol. The molecule has 8 nitrogen and oxygen atoms in total. The molecular formula is C21H33FN2O6. The third kappa shape index (κ3) is 7.36. The van der Waals surface area contributed by atoms with Crippen LogP contribution < -0.4 is 11.2 Å². The van der Waals surface area contributed by atoms with Crippen molar-refractivity contribution in [3.63, 3.8) is 0 Å². The molecule has 1 saturated heterocycles. The first-order valence-electron chi connectivity index (χ1n) is 10.9. The van der Waals surface area contributed by atoms with E-state index in [2.05, 4.69) is 6.92 Å². The highest BCUT2D eigenvalue weighted by atomic mass is 19.1. The van der Waals surface area contributed by atoms with Crippen molar-refractivity contribution < 1.29 is 23.8 Å². The number of aromatic nitrogens is 2. The van der Waals surface area contributed by atoms with Crippen molar-refractivity contribution >= 4 is 5.97 Å². The number of rotatable bonds is 13. The Balaban J connectivity index is 1.66. The van der Waals surface area contributed by atoms with Gasteiger partial charge in [0.2, 0.25) is 0 Å². The average molecular weight is 429 g/mol. The van der Waals surface area contributed by atoms with Crippen LogP contribution in [0.4, 0.5) is 4.39 Å². The van der Waals surface area contributed by atoms with Gasteiger partial charge in [0.1, 0.15) is 18.8 Å². The van der Waals surface area contributed by atoms with E-state index < -0.39 is 41.8 Å². The Labute approximate surface area is 175 Å². The van der Waals surface area contributed by atoms with E-state index in [4.69, 9.17) is 9.47 Å². The van der Waals surface area contributed by atoms with Crippen LogP contribution in [-0.2, 0) is 14.3 Å². The lowest BCUT2D eigenvalue weighted by Crippen LogP contribution is -2.35. The van der Waals surface area contributed by atoms with Crippen LogP contribution in [0.15, 0.2) is 21.9 Å². The number of nitrogens with zero attached hydrogens (tertiary/aromatic N) is 1. The van der Waals surface area contributed by atoms with E-state index in [1.807, 2.05) is 4.98 Å². The normalized spacial score (nSPS) is 23.6. The average Bonchev–Trinajstić information content (AvgIpc) is 2.99. The van der Waals surface area contributed by atoms with Gasteiger partial charge in [-0.05, 0) is 6.42 Å². The molecule has 0 amide bonds. The third-order valence-electron chi connectivity index (χ3n) is 5.31. The second kappa shape index (κ2) is 12.6. The van der Waals surface area contributed by atoms with Gasteiger partial charge in [-0.2, -0.15) is 0 Å². The minimum Gasteiger partial charge on any atom is -0.463 e. The second-order valence-electron chi connectivity index (χ2n) is 7.78. The molecule has 30 heavy (non-hydrogen) atoms. The largest absolute Gasteiger partial charge is 0.463 e. The van der Waals surface area contributed by atoms with Gasteiger partial charge < -0.3 is 14.6 Å². The van der Waals surface area contributed by atoms with Crippen LogP contribution in [0.2, 0.25) is 0 Å². The minimum absolute atomic E-state index is 0.264. The van der Waals surface area contributed by atoms with Gasteiger partial charge in [0.05, 0.1) is 0 Å². The first-order valence-corrected chi connectivity index (χ1v) is 10.9. The summed E-state index contributed by atoms with van der Waals surface area (Å²) in [7, 11) is 0. The standard InChI is InChI=1S/C21H33FN2O6/c1-2-3-4-5-6-7-8-9-10-11-17(26)29-14-15-19(27)18(22)20(30-15)24-13-12-16(25)23-21(24)28/h12-13,15,18-20,27H,2-11,14H2,1H3,(H,23,25,28)/t15-,18-,19-,20-/m1/s1. The maximum absolute atomic E-state index is 14.4. The highest BCUT2D eigenvalue weighted by Crippen LogP contribution is 2.31. The smallest absolute Gasteiger partial charge is 0.330 e. The topological polar surface area (TPSA) is 111 Å². The molecule has 1 aromatic rings. The molecule has 1 aliphatic rings. The Morgan fingerprint density at radius 2 is 1.80 bits per heavy atom. The lowest BCUT2D eigenvalue weighted by Gasteiger charge is -2.15. The summed E-state index contributed by atoms with van der Waals surface area (Å²) in [5.41, 5.74) is -1.46. The highest BCUT2D eigenvalue weighted by molar-refractivity contribution is 5.69. The molecule has 4 atom stereocenters. The van der Waals surface area contributed by atoms with Gasteiger partial charge in [0.25, 0.3) is 5.56 Å². The fraction of sp³-hybridized carbons (Fsp3) is 0.762. The van der Waals surface area contributed by atoms with Crippen molar-refractivity contribution in [3.8, 4) is 0 Å². The number of H-pyrrole nitrogens is 1. The SMILES string of the molecule is CCCCCCCCCCCC(=O)OC[C@H]1O[C@@H](n2ccc(=O)[nH]c2=O)[C@H](F)[C@@H]1O.